The highest BCUT2D eigenvalue weighted by Gasteiger charge is 2.30. The van der Waals surface area contributed by atoms with Gasteiger partial charge in [-0.2, -0.15) is 0 Å². The lowest BCUT2D eigenvalue weighted by Crippen LogP contribution is -2.55. The second-order valence-corrected chi connectivity index (χ2v) is 3.46. The Kier molecular flexibility index (Phi) is 2.87. The lowest BCUT2D eigenvalue weighted by molar-refractivity contribution is -0.155. The van der Waals surface area contributed by atoms with E-state index < -0.39 is 11.8 Å². The van der Waals surface area contributed by atoms with E-state index >= 15 is 0 Å². The van der Waals surface area contributed by atoms with Gasteiger partial charge in [-0.25, -0.2) is 0 Å². The monoisotopic (exact) mass is 185 g/mol. The Morgan fingerprint density at radius 3 is 2.54 bits per heavy atom. The molecule has 0 spiro atoms. The van der Waals surface area contributed by atoms with E-state index in [2.05, 4.69) is 0 Å². The van der Waals surface area contributed by atoms with Crippen molar-refractivity contribution >= 4 is 11.8 Å². The first-order chi connectivity index (χ1) is 6.02. The fourth-order valence-electron chi connectivity index (χ4n) is 1.29. The summed E-state index contributed by atoms with van der Waals surface area (Å²) in [6.45, 7) is 3.45. The van der Waals surface area contributed by atoms with Crippen LogP contribution in [-0.4, -0.2) is 54.3 Å². The van der Waals surface area contributed by atoms with Gasteiger partial charge < -0.3 is 15.5 Å². The van der Waals surface area contributed by atoms with Crippen LogP contribution >= 0.6 is 0 Å². The Morgan fingerprint density at radius 2 is 2.00 bits per heavy atom. The van der Waals surface area contributed by atoms with Gasteiger partial charge in [0.1, 0.15) is 0 Å². The van der Waals surface area contributed by atoms with Gasteiger partial charge in [-0.1, -0.05) is 0 Å². The second-order valence-electron chi connectivity index (χ2n) is 3.46. The Balaban J connectivity index is 2.59. The van der Waals surface area contributed by atoms with Crippen LogP contribution in [0.25, 0.3) is 0 Å². The fourth-order valence-corrected chi connectivity index (χ4v) is 1.29. The van der Waals surface area contributed by atoms with Gasteiger partial charge >= 0.3 is 11.8 Å². The number of likely N-dealkylation sites (N-methyl/N-ethyl adjacent to an activating group) is 1. The summed E-state index contributed by atoms with van der Waals surface area (Å²) in [6.07, 6.45) is 0. The van der Waals surface area contributed by atoms with Crippen LogP contribution in [0.1, 0.15) is 6.92 Å². The maximum atomic E-state index is 11.4. The number of nitrogens with two attached hydrogens (primary N) is 1. The molecule has 74 valence electrons. The normalized spacial score (nSPS) is 20.8. The van der Waals surface area contributed by atoms with Crippen molar-refractivity contribution in [1.82, 2.24) is 9.80 Å². The lowest BCUT2D eigenvalue weighted by atomic mass is 10.2. The largest absolute Gasteiger partial charge is 0.336 e. The first kappa shape index (κ1) is 9.98. The molecule has 0 unspecified atom stereocenters. The van der Waals surface area contributed by atoms with E-state index in [0.717, 1.165) is 0 Å². The lowest BCUT2D eigenvalue weighted by Gasteiger charge is -2.32. The number of hydrogen-bond acceptors (Lipinski definition) is 3. The molecule has 0 saturated carbocycles. The zero-order valence-electron chi connectivity index (χ0n) is 7.99. The average molecular weight is 185 g/mol. The van der Waals surface area contributed by atoms with Gasteiger partial charge in [0.15, 0.2) is 0 Å². The third-order valence-electron chi connectivity index (χ3n) is 2.03. The molecule has 1 saturated heterocycles. The van der Waals surface area contributed by atoms with Crippen LogP contribution in [-0.2, 0) is 9.59 Å². The van der Waals surface area contributed by atoms with Crippen molar-refractivity contribution in [2.75, 3.05) is 26.7 Å². The summed E-state index contributed by atoms with van der Waals surface area (Å²) in [6, 6.07) is -0.0832. The van der Waals surface area contributed by atoms with Crippen molar-refractivity contribution in [2.45, 2.75) is 13.0 Å². The van der Waals surface area contributed by atoms with E-state index in [4.69, 9.17) is 5.73 Å². The maximum absolute atomic E-state index is 11.4. The molecule has 0 aliphatic carbocycles. The number of carbonyl (C=O) groups excluding carboxylic acids is 2. The number of nitrogens with zero attached hydrogens (tertiary/aromatic N) is 2. The molecule has 1 heterocycles. The Bertz CT molecular complexity index is 227. The zero-order valence-corrected chi connectivity index (χ0v) is 7.99. The summed E-state index contributed by atoms with van der Waals surface area (Å²) in [4.78, 5) is 25.5. The Morgan fingerprint density at radius 1 is 1.38 bits per heavy atom. The highest BCUT2D eigenvalue weighted by atomic mass is 16.2. The minimum atomic E-state index is -0.439. The molecule has 5 nitrogen and oxygen atoms in total. The van der Waals surface area contributed by atoms with E-state index in [-0.39, 0.29) is 6.04 Å². The quantitative estimate of drug-likeness (QED) is 0.540. The molecule has 5 heteroatoms. The third-order valence-corrected chi connectivity index (χ3v) is 2.03. The molecule has 1 rings (SSSR count). The van der Waals surface area contributed by atoms with Crippen molar-refractivity contribution in [3.63, 3.8) is 0 Å². The van der Waals surface area contributed by atoms with Crippen molar-refractivity contribution in [1.29, 1.82) is 0 Å². The van der Waals surface area contributed by atoms with Crippen molar-refractivity contribution in [2.24, 2.45) is 5.73 Å². The summed E-state index contributed by atoms with van der Waals surface area (Å²) in [5.74, 6) is -0.877. The second kappa shape index (κ2) is 3.74. The Hall–Kier alpha value is -1.10. The molecule has 0 aromatic heterocycles. The molecule has 0 radical (unpaired) electrons. The molecule has 1 atom stereocenters. The van der Waals surface area contributed by atoms with E-state index in [1.54, 1.807) is 7.05 Å². The number of rotatable bonds is 2. The first-order valence-electron chi connectivity index (χ1n) is 4.32. The molecule has 0 bridgehead atoms. The van der Waals surface area contributed by atoms with Crippen molar-refractivity contribution in [3.8, 4) is 0 Å². The van der Waals surface area contributed by atoms with Crippen LogP contribution in [0.5, 0.6) is 0 Å². The van der Waals surface area contributed by atoms with Gasteiger partial charge in [0, 0.05) is 32.7 Å². The summed E-state index contributed by atoms with van der Waals surface area (Å²) < 4.78 is 0. The van der Waals surface area contributed by atoms with Gasteiger partial charge in [0.2, 0.25) is 0 Å². The van der Waals surface area contributed by atoms with Gasteiger partial charge in [0.05, 0.1) is 0 Å². The zero-order chi connectivity index (χ0) is 10.0. The summed E-state index contributed by atoms with van der Waals surface area (Å²) in [5.41, 5.74) is 5.55. The standard InChI is InChI=1S/C8H15N3O2/c1-6(9)5-11-4-3-10(2)7(12)8(11)13/h6H,3-5,9H2,1-2H3/t6-/m0/s1. The number of hydrogen-bond donors (Lipinski definition) is 1. The Labute approximate surface area is 77.5 Å². The minimum absolute atomic E-state index is 0.0832. The van der Waals surface area contributed by atoms with Crippen molar-refractivity contribution < 1.29 is 9.59 Å². The molecule has 1 aliphatic heterocycles. The molecular weight excluding hydrogens is 170 g/mol. The van der Waals surface area contributed by atoms with Gasteiger partial charge in [-0.15, -0.1) is 0 Å². The molecule has 0 aromatic rings. The van der Waals surface area contributed by atoms with Crippen LogP contribution in [0, 0.1) is 0 Å². The molecule has 0 aromatic carbocycles. The van der Waals surface area contributed by atoms with Gasteiger partial charge in [-0.3, -0.25) is 9.59 Å². The van der Waals surface area contributed by atoms with E-state index in [1.165, 1.54) is 9.80 Å². The number of piperazine rings is 1. The molecule has 2 amide bonds. The van der Waals surface area contributed by atoms with Crippen LogP contribution in [0.15, 0.2) is 0 Å². The summed E-state index contributed by atoms with van der Waals surface area (Å²) >= 11 is 0. The predicted molar refractivity (Wildman–Crippen MR) is 47.9 cm³/mol. The van der Waals surface area contributed by atoms with Crippen LogP contribution in [0.3, 0.4) is 0 Å². The smallest absolute Gasteiger partial charge is 0.312 e. The van der Waals surface area contributed by atoms with Crippen LogP contribution in [0.2, 0.25) is 0 Å². The van der Waals surface area contributed by atoms with Crippen molar-refractivity contribution in [3.05, 3.63) is 0 Å². The molecule has 2 N–H and O–H groups in total. The van der Waals surface area contributed by atoms with Crippen LogP contribution < -0.4 is 5.73 Å². The number of carbonyl (C=O) groups is 2. The SMILES string of the molecule is C[C@H](N)CN1CCN(C)C(=O)C1=O. The molecule has 1 aliphatic rings. The first-order valence-corrected chi connectivity index (χ1v) is 4.32. The van der Waals surface area contributed by atoms with Crippen LogP contribution in [0.4, 0.5) is 0 Å². The third kappa shape index (κ3) is 2.18. The fraction of sp³-hybridized carbons (Fsp3) is 0.750. The highest BCUT2D eigenvalue weighted by Crippen LogP contribution is 2.02. The average Bonchev–Trinajstić information content (AvgIpc) is 2.06. The topological polar surface area (TPSA) is 66.6 Å². The van der Waals surface area contributed by atoms with E-state index in [1.807, 2.05) is 6.92 Å². The molecule has 13 heavy (non-hydrogen) atoms. The molecule has 1 fully saturated rings. The minimum Gasteiger partial charge on any atom is -0.336 e. The number of amides is 2. The predicted octanol–water partition coefficient (Wildman–Crippen LogP) is -1.37. The maximum Gasteiger partial charge on any atom is 0.312 e. The molecular formula is C8H15N3O2. The van der Waals surface area contributed by atoms with E-state index in [9.17, 15) is 9.59 Å². The summed E-state index contributed by atoms with van der Waals surface area (Å²) in [5, 5.41) is 0. The summed E-state index contributed by atoms with van der Waals surface area (Å²) in [7, 11) is 1.63. The highest BCUT2D eigenvalue weighted by molar-refractivity contribution is 6.35. The van der Waals surface area contributed by atoms with E-state index in [0.29, 0.717) is 19.6 Å². The van der Waals surface area contributed by atoms with Gasteiger partial charge in [-0.05, 0) is 6.92 Å². The van der Waals surface area contributed by atoms with Gasteiger partial charge in [0.25, 0.3) is 0 Å².